The number of furan rings is 1. The number of benzene rings is 1. The molecular formula is C16H17ClN2O3. The second-order valence-electron chi connectivity index (χ2n) is 5.59. The Bertz CT molecular complexity index is 753. The van der Waals surface area contributed by atoms with Crippen LogP contribution in [0.2, 0.25) is 5.02 Å². The molecule has 0 spiro atoms. The number of rotatable bonds is 2. The molecule has 5 nitrogen and oxygen atoms in total. The van der Waals surface area contributed by atoms with Crippen molar-refractivity contribution in [2.45, 2.75) is 32.2 Å². The lowest BCUT2D eigenvalue weighted by Crippen LogP contribution is -2.50. The molecule has 0 bridgehead atoms. The third kappa shape index (κ3) is 2.35. The van der Waals surface area contributed by atoms with E-state index in [1.165, 1.54) is 4.90 Å². The average molecular weight is 321 g/mol. The van der Waals surface area contributed by atoms with E-state index in [4.69, 9.17) is 21.8 Å². The van der Waals surface area contributed by atoms with E-state index in [0.29, 0.717) is 23.6 Å². The Labute approximate surface area is 133 Å². The van der Waals surface area contributed by atoms with E-state index in [-0.39, 0.29) is 11.7 Å². The molecule has 22 heavy (non-hydrogen) atoms. The minimum absolute atomic E-state index is 0.233. The minimum atomic E-state index is -0.565. The summed E-state index contributed by atoms with van der Waals surface area (Å²) in [5, 5.41) is 1.27. The van der Waals surface area contributed by atoms with Gasteiger partial charge in [0.2, 0.25) is 5.91 Å². The molecule has 2 amide bonds. The Morgan fingerprint density at radius 3 is 2.82 bits per heavy atom. The van der Waals surface area contributed by atoms with Crippen LogP contribution in [-0.2, 0) is 4.79 Å². The number of para-hydroxylation sites is 1. The first-order chi connectivity index (χ1) is 10.5. The molecule has 1 aromatic heterocycles. The van der Waals surface area contributed by atoms with Crippen molar-refractivity contribution in [1.82, 2.24) is 4.90 Å². The van der Waals surface area contributed by atoms with Crippen molar-refractivity contribution in [3.05, 3.63) is 34.5 Å². The number of fused-ring (bicyclic) bond motifs is 1. The highest BCUT2D eigenvalue weighted by molar-refractivity contribution is 6.35. The van der Waals surface area contributed by atoms with Crippen molar-refractivity contribution in [2.24, 2.45) is 5.73 Å². The summed E-state index contributed by atoms with van der Waals surface area (Å²) in [4.78, 5) is 25.9. The zero-order chi connectivity index (χ0) is 15.9. The van der Waals surface area contributed by atoms with E-state index in [2.05, 4.69) is 0 Å². The monoisotopic (exact) mass is 320 g/mol. The molecule has 2 aromatic rings. The maximum Gasteiger partial charge on any atom is 0.290 e. The summed E-state index contributed by atoms with van der Waals surface area (Å²) < 4.78 is 5.70. The van der Waals surface area contributed by atoms with Crippen molar-refractivity contribution < 1.29 is 14.0 Å². The van der Waals surface area contributed by atoms with Crippen LogP contribution in [-0.4, -0.2) is 29.3 Å². The van der Waals surface area contributed by atoms with E-state index in [1.807, 2.05) is 19.1 Å². The van der Waals surface area contributed by atoms with Gasteiger partial charge in [-0.2, -0.15) is 0 Å². The number of nitrogens with two attached hydrogens (primary N) is 1. The summed E-state index contributed by atoms with van der Waals surface area (Å²) >= 11 is 6.12. The van der Waals surface area contributed by atoms with Crippen LogP contribution in [0.5, 0.6) is 0 Å². The third-order valence-corrected chi connectivity index (χ3v) is 4.50. The zero-order valence-electron chi connectivity index (χ0n) is 12.3. The topological polar surface area (TPSA) is 76.5 Å². The van der Waals surface area contributed by atoms with Gasteiger partial charge in [-0.3, -0.25) is 9.59 Å². The number of amides is 2. The first-order valence-electron chi connectivity index (χ1n) is 7.28. The van der Waals surface area contributed by atoms with Crippen molar-refractivity contribution in [1.29, 1.82) is 0 Å². The van der Waals surface area contributed by atoms with Crippen molar-refractivity contribution in [2.75, 3.05) is 6.54 Å². The van der Waals surface area contributed by atoms with Crippen molar-refractivity contribution in [3.63, 3.8) is 0 Å². The van der Waals surface area contributed by atoms with Crippen LogP contribution < -0.4 is 5.73 Å². The molecule has 0 radical (unpaired) electrons. The van der Waals surface area contributed by atoms with Crippen LogP contribution in [0.1, 0.15) is 35.4 Å². The van der Waals surface area contributed by atoms with E-state index in [0.717, 1.165) is 23.8 Å². The van der Waals surface area contributed by atoms with Crippen molar-refractivity contribution >= 4 is 34.4 Å². The Balaban J connectivity index is 2.03. The molecule has 1 atom stereocenters. The van der Waals surface area contributed by atoms with Gasteiger partial charge in [-0.25, -0.2) is 0 Å². The first-order valence-corrected chi connectivity index (χ1v) is 7.66. The van der Waals surface area contributed by atoms with Gasteiger partial charge in [-0.1, -0.05) is 23.7 Å². The largest absolute Gasteiger partial charge is 0.449 e. The number of piperidine rings is 1. The zero-order valence-corrected chi connectivity index (χ0v) is 13.0. The number of nitrogens with zero attached hydrogens (tertiary/aromatic N) is 1. The van der Waals surface area contributed by atoms with E-state index in [1.54, 1.807) is 6.07 Å². The SMILES string of the molecule is Cc1c(C(=O)N2CCCCC2C(N)=O)oc2c(Cl)cccc12. The average Bonchev–Trinajstić information content (AvgIpc) is 2.85. The van der Waals surface area contributed by atoms with E-state index in [9.17, 15) is 9.59 Å². The van der Waals surface area contributed by atoms with Crippen LogP contribution >= 0.6 is 11.6 Å². The summed E-state index contributed by atoms with van der Waals surface area (Å²) in [6.07, 6.45) is 2.35. The Hall–Kier alpha value is -2.01. The molecule has 2 heterocycles. The molecule has 0 saturated carbocycles. The second kappa shape index (κ2) is 5.65. The van der Waals surface area contributed by atoms with E-state index < -0.39 is 11.9 Å². The molecule has 1 saturated heterocycles. The van der Waals surface area contributed by atoms with Gasteiger partial charge in [0.1, 0.15) is 6.04 Å². The maximum absolute atomic E-state index is 12.8. The molecule has 1 aromatic carbocycles. The lowest BCUT2D eigenvalue weighted by Gasteiger charge is -2.33. The quantitative estimate of drug-likeness (QED) is 0.924. The summed E-state index contributed by atoms with van der Waals surface area (Å²) in [7, 11) is 0. The van der Waals surface area contributed by atoms with Gasteiger partial charge in [0.15, 0.2) is 11.3 Å². The summed E-state index contributed by atoms with van der Waals surface area (Å²) in [5.74, 6) is -0.538. The number of primary amides is 1. The van der Waals surface area contributed by atoms with Gasteiger partial charge >= 0.3 is 0 Å². The van der Waals surface area contributed by atoms with Crippen LogP contribution in [0.4, 0.5) is 0 Å². The number of hydrogen-bond acceptors (Lipinski definition) is 3. The standard InChI is InChI=1S/C16H17ClN2O3/c1-9-10-5-4-6-11(17)14(10)22-13(9)16(21)19-8-3-2-7-12(19)15(18)20/h4-6,12H,2-3,7-8H2,1H3,(H2,18,20). The normalized spacial score (nSPS) is 18.6. The lowest BCUT2D eigenvalue weighted by atomic mass is 10.0. The lowest BCUT2D eigenvalue weighted by molar-refractivity contribution is -0.123. The first kappa shape index (κ1) is 14.9. The van der Waals surface area contributed by atoms with E-state index >= 15 is 0 Å². The molecule has 116 valence electrons. The summed E-state index contributed by atoms with van der Waals surface area (Å²) in [6, 6.07) is 4.82. The Morgan fingerprint density at radius 2 is 2.14 bits per heavy atom. The Morgan fingerprint density at radius 1 is 1.36 bits per heavy atom. The van der Waals surface area contributed by atoms with Crippen molar-refractivity contribution in [3.8, 4) is 0 Å². The predicted octanol–water partition coefficient (Wildman–Crippen LogP) is 2.87. The van der Waals surface area contributed by atoms with Crippen LogP contribution in [0, 0.1) is 6.92 Å². The molecule has 2 N–H and O–H groups in total. The molecule has 1 unspecified atom stereocenters. The molecule has 0 aliphatic carbocycles. The molecule has 1 aliphatic heterocycles. The fourth-order valence-electron chi connectivity index (χ4n) is 3.01. The molecule has 3 rings (SSSR count). The number of carbonyl (C=O) groups excluding carboxylic acids is 2. The highest BCUT2D eigenvalue weighted by atomic mass is 35.5. The second-order valence-corrected chi connectivity index (χ2v) is 5.99. The van der Waals surface area contributed by atoms with Gasteiger partial charge < -0.3 is 15.1 Å². The number of hydrogen-bond donors (Lipinski definition) is 1. The van der Waals surface area contributed by atoms with Crippen LogP contribution in [0.25, 0.3) is 11.0 Å². The van der Waals surface area contributed by atoms with Crippen LogP contribution in [0.3, 0.4) is 0 Å². The fourth-order valence-corrected chi connectivity index (χ4v) is 3.23. The fraction of sp³-hybridized carbons (Fsp3) is 0.375. The Kier molecular flexibility index (Phi) is 3.83. The van der Waals surface area contributed by atoms with Gasteiger partial charge in [-0.15, -0.1) is 0 Å². The third-order valence-electron chi connectivity index (χ3n) is 4.20. The number of halogens is 1. The molecule has 1 aliphatic rings. The van der Waals surface area contributed by atoms with Gasteiger partial charge in [0.05, 0.1) is 5.02 Å². The molecule has 6 heteroatoms. The predicted molar refractivity (Wildman–Crippen MR) is 83.8 cm³/mol. The molecule has 1 fully saturated rings. The highest BCUT2D eigenvalue weighted by Gasteiger charge is 2.33. The van der Waals surface area contributed by atoms with Gasteiger partial charge in [-0.05, 0) is 32.3 Å². The number of aryl methyl sites for hydroxylation is 1. The maximum atomic E-state index is 12.8. The summed E-state index contributed by atoms with van der Waals surface area (Å²) in [5.41, 5.74) is 6.66. The number of likely N-dealkylation sites (tertiary alicyclic amines) is 1. The molecular weight excluding hydrogens is 304 g/mol. The van der Waals surface area contributed by atoms with Gasteiger partial charge in [0, 0.05) is 17.5 Å². The smallest absolute Gasteiger partial charge is 0.290 e. The minimum Gasteiger partial charge on any atom is -0.449 e. The summed E-state index contributed by atoms with van der Waals surface area (Å²) in [6.45, 7) is 2.33. The highest BCUT2D eigenvalue weighted by Crippen LogP contribution is 2.32. The van der Waals surface area contributed by atoms with Gasteiger partial charge in [0.25, 0.3) is 5.91 Å². The number of carbonyl (C=O) groups is 2. The van der Waals surface area contributed by atoms with Crippen LogP contribution in [0.15, 0.2) is 22.6 Å².